The Morgan fingerprint density at radius 1 is 0.895 bits per heavy atom. The zero-order valence-electron chi connectivity index (χ0n) is 10.6. The monoisotopic (exact) mass is 269 g/mol. The summed E-state index contributed by atoms with van der Waals surface area (Å²) in [6.07, 6.45) is 0. The number of benzene rings is 2. The highest BCUT2D eigenvalue weighted by Crippen LogP contribution is 2.41. The van der Waals surface area contributed by atoms with Gasteiger partial charge in [0.25, 0.3) is 0 Å². The molecule has 1 aliphatic heterocycles. The lowest BCUT2D eigenvalue weighted by atomic mass is 9.84. The van der Waals surface area contributed by atoms with Gasteiger partial charge in [0.2, 0.25) is 5.91 Å². The summed E-state index contributed by atoms with van der Waals surface area (Å²) in [6.45, 7) is 0.757. The van der Waals surface area contributed by atoms with Crippen LogP contribution in [0.25, 0.3) is 0 Å². The molecule has 0 spiro atoms. The highest BCUT2D eigenvalue weighted by molar-refractivity contribution is 7.14. The third kappa shape index (κ3) is 2.29. The molecule has 0 N–H and O–H groups in total. The molecular formula is C16H16NOP. The van der Waals surface area contributed by atoms with Crippen LogP contribution in [0.1, 0.15) is 23.0 Å². The van der Waals surface area contributed by atoms with Gasteiger partial charge in [-0.05, 0) is 20.5 Å². The Hall–Kier alpha value is -1.66. The molecule has 96 valence electrons. The molecule has 3 rings (SSSR count). The van der Waals surface area contributed by atoms with Gasteiger partial charge in [0, 0.05) is 12.5 Å². The number of carbonyl (C=O) groups is 1. The number of amides is 1. The Morgan fingerprint density at radius 2 is 1.42 bits per heavy atom. The first-order valence-corrected chi connectivity index (χ1v) is 6.95. The van der Waals surface area contributed by atoms with Gasteiger partial charge in [0.1, 0.15) is 0 Å². The summed E-state index contributed by atoms with van der Waals surface area (Å²) in [6, 6.07) is 20.4. The van der Waals surface area contributed by atoms with Gasteiger partial charge in [-0.3, -0.25) is 4.79 Å². The number of nitrogens with zero attached hydrogens (tertiary/aromatic N) is 1. The first-order valence-electron chi connectivity index (χ1n) is 6.43. The van der Waals surface area contributed by atoms with Crippen molar-refractivity contribution in [3.8, 4) is 0 Å². The summed E-state index contributed by atoms with van der Waals surface area (Å²) in [5, 5.41) is 0. The second-order valence-corrected chi connectivity index (χ2v) is 5.52. The molecule has 0 bridgehead atoms. The molecule has 0 saturated carbocycles. The molecular weight excluding hydrogens is 253 g/mol. The van der Waals surface area contributed by atoms with Crippen molar-refractivity contribution in [2.45, 2.75) is 11.8 Å². The lowest BCUT2D eigenvalue weighted by molar-refractivity contribution is -0.124. The van der Waals surface area contributed by atoms with Gasteiger partial charge in [0.05, 0.1) is 5.92 Å². The Morgan fingerprint density at radius 3 is 2.00 bits per heavy atom. The van der Waals surface area contributed by atoms with Crippen LogP contribution in [0.15, 0.2) is 60.7 Å². The summed E-state index contributed by atoms with van der Waals surface area (Å²) >= 11 is 0. The molecule has 0 aromatic heterocycles. The van der Waals surface area contributed by atoms with Crippen molar-refractivity contribution in [2.75, 3.05) is 6.54 Å². The zero-order valence-corrected chi connectivity index (χ0v) is 11.7. The van der Waals surface area contributed by atoms with E-state index in [4.69, 9.17) is 0 Å². The molecule has 3 unspecified atom stereocenters. The fourth-order valence-corrected chi connectivity index (χ4v) is 3.18. The van der Waals surface area contributed by atoms with Crippen LogP contribution in [-0.2, 0) is 4.79 Å². The molecule has 1 aliphatic rings. The quantitative estimate of drug-likeness (QED) is 0.767. The van der Waals surface area contributed by atoms with E-state index >= 15 is 0 Å². The van der Waals surface area contributed by atoms with E-state index in [0.29, 0.717) is 0 Å². The van der Waals surface area contributed by atoms with Crippen molar-refractivity contribution >= 4 is 15.3 Å². The molecule has 2 aromatic carbocycles. The maximum absolute atomic E-state index is 12.4. The maximum Gasteiger partial charge on any atom is 0.233 e. The highest BCUT2D eigenvalue weighted by atomic mass is 31.0. The lowest BCUT2D eigenvalue weighted by Gasteiger charge is -2.17. The van der Waals surface area contributed by atoms with Gasteiger partial charge in [-0.2, -0.15) is 0 Å². The molecule has 19 heavy (non-hydrogen) atoms. The van der Waals surface area contributed by atoms with Crippen LogP contribution in [-0.4, -0.2) is 17.1 Å². The summed E-state index contributed by atoms with van der Waals surface area (Å²) in [5.74, 6) is 0.347. The molecule has 1 fully saturated rings. The molecule has 0 radical (unpaired) electrons. The van der Waals surface area contributed by atoms with Crippen LogP contribution in [0.2, 0.25) is 0 Å². The first-order chi connectivity index (χ1) is 9.27. The zero-order chi connectivity index (χ0) is 13.2. The van der Waals surface area contributed by atoms with E-state index in [9.17, 15) is 4.79 Å². The Kier molecular flexibility index (Phi) is 3.35. The maximum atomic E-state index is 12.4. The molecule has 0 aliphatic carbocycles. The Balaban J connectivity index is 2.02. The Labute approximate surface area is 115 Å². The predicted octanol–water partition coefficient (Wildman–Crippen LogP) is 3.19. The van der Waals surface area contributed by atoms with Gasteiger partial charge < -0.3 is 4.67 Å². The summed E-state index contributed by atoms with van der Waals surface area (Å²) < 4.78 is 1.76. The van der Waals surface area contributed by atoms with Gasteiger partial charge in [-0.15, -0.1) is 0 Å². The van der Waals surface area contributed by atoms with E-state index in [2.05, 4.69) is 21.5 Å². The fraction of sp³-hybridized carbons (Fsp3) is 0.188. The molecule has 2 nitrogen and oxygen atoms in total. The number of carbonyl (C=O) groups excluding carboxylic acids is 1. The largest absolute Gasteiger partial charge is 0.326 e. The highest BCUT2D eigenvalue weighted by Gasteiger charge is 2.40. The fourth-order valence-electron chi connectivity index (χ4n) is 2.79. The van der Waals surface area contributed by atoms with Gasteiger partial charge >= 0.3 is 0 Å². The number of hydrogen-bond donors (Lipinski definition) is 0. The molecule has 1 saturated heterocycles. The van der Waals surface area contributed by atoms with E-state index in [1.165, 1.54) is 5.56 Å². The summed E-state index contributed by atoms with van der Waals surface area (Å²) in [4.78, 5) is 12.4. The third-order valence-electron chi connectivity index (χ3n) is 3.73. The lowest BCUT2D eigenvalue weighted by Crippen LogP contribution is -2.16. The van der Waals surface area contributed by atoms with Gasteiger partial charge in [-0.1, -0.05) is 60.7 Å². The standard InChI is InChI=1S/C16H16NOP/c18-16-15(13-9-5-2-6-10-13)14(11-17(16)19)12-7-3-1-4-8-12/h1-10,14-15H,11,19H2. The van der Waals surface area contributed by atoms with Crippen molar-refractivity contribution in [1.82, 2.24) is 4.67 Å². The molecule has 1 heterocycles. The minimum Gasteiger partial charge on any atom is -0.326 e. The average Bonchev–Trinajstić information content (AvgIpc) is 2.77. The van der Waals surface area contributed by atoms with Gasteiger partial charge in [-0.25, -0.2) is 0 Å². The first kappa shape index (κ1) is 12.4. The number of rotatable bonds is 2. The van der Waals surface area contributed by atoms with Crippen LogP contribution in [0, 0.1) is 0 Å². The second kappa shape index (κ2) is 5.14. The molecule has 2 aromatic rings. The van der Waals surface area contributed by atoms with Crippen LogP contribution >= 0.6 is 9.39 Å². The van der Waals surface area contributed by atoms with E-state index in [1.54, 1.807) is 4.67 Å². The number of hydrogen-bond acceptors (Lipinski definition) is 1. The SMILES string of the molecule is O=C1C(c2ccccc2)C(c2ccccc2)CN1P. The molecule has 1 amide bonds. The van der Waals surface area contributed by atoms with Crippen LogP contribution in [0.5, 0.6) is 0 Å². The molecule has 3 heteroatoms. The van der Waals surface area contributed by atoms with E-state index < -0.39 is 0 Å². The van der Waals surface area contributed by atoms with Crippen molar-refractivity contribution < 1.29 is 4.79 Å². The average molecular weight is 269 g/mol. The molecule has 3 atom stereocenters. The topological polar surface area (TPSA) is 20.3 Å². The summed E-state index contributed by atoms with van der Waals surface area (Å²) in [5.41, 5.74) is 2.33. The normalized spacial score (nSPS) is 22.8. The minimum atomic E-state index is -0.0684. The minimum absolute atomic E-state index is 0.0684. The van der Waals surface area contributed by atoms with Crippen LogP contribution in [0.3, 0.4) is 0 Å². The summed E-state index contributed by atoms with van der Waals surface area (Å²) in [7, 11) is 2.54. The van der Waals surface area contributed by atoms with Gasteiger partial charge in [0.15, 0.2) is 0 Å². The van der Waals surface area contributed by atoms with Crippen molar-refractivity contribution in [2.24, 2.45) is 0 Å². The third-order valence-corrected chi connectivity index (χ3v) is 4.20. The second-order valence-electron chi connectivity index (χ2n) is 4.90. The van der Waals surface area contributed by atoms with E-state index in [1.807, 2.05) is 48.5 Å². The van der Waals surface area contributed by atoms with E-state index in [-0.39, 0.29) is 17.7 Å². The van der Waals surface area contributed by atoms with Crippen molar-refractivity contribution in [3.63, 3.8) is 0 Å². The predicted molar refractivity (Wildman–Crippen MR) is 79.8 cm³/mol. The van der Waals surface area contributed by atoms with Crippen LogP contribution in [0.4, 0.5) is 0 Å². The smallest absolute Gasteiger partial charge is 0.233 e. The van der Waals surface area contributed by atoms with Crippen molar-refractivity contribution in [3.05, 3.63) is 71.8 Å². The van der Waals surface area contributed by atoms with Crippen LogP contribution < -0.4 is 0 Å². The Bertz CT molecular complexity index is 570. The van der Waals surface area contributed by atoms with Crippen molar-refractivity contribution in [1.29, 1.82) is 0 Å². The van der Waals surface area contributed by atoms with E-state index in [0.717, 1.165) is 12.1 Å².